The van der Waals surface area contributed by atoms with Crippen LogP contribution in [-0.4, -0.2) is 14.7 Å². The lowest BCUT2D eigenvalue weighted by atomic mass is 10.1. The first kappa shape index (κ1) is 14.4. The molecule has 0 atom stereocenters. The normalized spacial score (nSPS) is 11.2. The van der Waals surface area contributed by atoms with Gasteiger partial charge >= 0.3 is 5.76 Å². The number of hydrogen-bond donors (Lipinski definition) is 0. The SMILES string of the molecule is CCn1c(=O)oc2cc(-c3noc(-c4ccc(C)cc4)n3)ccc21. The highest BCUT2D eigenvalue weighted by Crippen LogP contribution is 2.25. The minimum Gasteiger partial charge on any atom is -0.408 e. The van der Waals surface area contributed by atoms with E-state index in [-0.39, 0.29) is 5.76 Å². The smallest absolute Gasteiger partial charge is 0.408 e. The van der Waals surface area contributed by atoms with Crippen LogP contribution in [0.5, 0.6) is 0 Å². The third-order valence-corrected chi connectivity index (χ3v) is 3.97. The average molecular weight is 321 g/mol. The van der Waals surface area contributed by atoms with Gasteiger partial charge in [-0.1, -0.05) is 22.9 Å². The Morgan fingerprint density at radius 1 is 1.08 bits per heavy atom. The predicted octanol–water partition coefficient (Wildman–Crippen LogP) is 3.64. The molecular formula is C18H15N3O3. The van der Waals surface area contributed by atoms with Gasteiger partial charge in [-0.05, 0) is 44.2 Å². The van der Waals surface area contributed by atoms with Gasteiger partial charge in [0.1, 0.15) is 0 Å². The Kier molecular flexibility index (Phi) is 3.30. The number of rotatable bonds is 3. The summed E-state index contributed by atoms with van der Waals surface area (Å²) in [6.45, 7) is 4.48. The van der Waals surface area contributed by atoms with Crippen LogP contribution in [0.25, 0.3) is 33.9 Å². The van der Waals surface area contributed by atoms with Gasteiger partial charge in [-0.15, -0.1) is 0 Å². The third-order valence-electron chi connectivity index (χ3n) is 3.97. The molecule has 0 spiro atoms. The lowest BCUT2D eigenvalue weighted by Crippen LogP contribution is -2.11. The molecule has 0 fully saturated rings. The molecule has 4 rings (SSSR count). The van der Waals surface area contributed by atoms with Gasteiger partial charge < -0.3 is 8.94 Å². The molecule has 2 heterocycles. The summed E-state index contributed by atoms with van der Waals surface area (Å²) in [6, 6.07) is 13.3. The molecule has 0 unspecified atom stereocenters. The van der Waals surface area contributed by atoms with Crippen molar-refractivity contribution >= 4 is 11.1 Å². The van der Waals surface area contributed by atoms with Crippen LogP contribution < -0.4 is 5.76 Å². The predicted molar refractivity (Wildman–Crippen MR) is 89.6 cm³/mol. The maximum Gasteiger partial charge on any atom is 0.419 e. The van der Waals surface area contributed by atoms with Crippen molar-refractivity contribution in [1.82, 2.24) is 14.7 Å². The van der Waals surface area contributed by atoms with Crippen molar-refractivity contribution < 1.29 is 8.94 Å². The standard InChI is InChI=1S/C18H15N3O3/c1-3-21-14-9-8-13(10-15(14)23-18(21)22)16-19-17(24-20-16)12-6-4-11(2)5-7-12/h4-10H,3H2,1-2H3. The van der Waals surface area contributed by atoms with Gasteiger partial charge in [-0.2, -0.15) is 4.98 Å². The first-order valence-corrected chi connectivity index (χ1v) is 7.70. The average Bonchev–Trinajstić information content (AvgIpc) is 3.18. The van der Waals surface area contributed by atoms with Crippen molar-refractivity contribution in [2.24, 2.45) is 0 Å². The van der Waals surface area contributed by atoms with Crippen LogP contribution in [0.1, 0.15) is 12.5 Å². The fourth-order valence-corrected chi connectivity index (χ4v) is 2.66. The van der Waals surface area contributed by atoms with E-state index in [1.54, 1.807) is 10.6 Å². The first-order valence-electron chi connectivity index (χ1n) is 7.70. The summed E-state index contributed by atoms with van der Waals surface area (Å²) in [5.74, 6) is 0.551. The summed E-state index contributed by atoms with van der Waals surface area (Å²) >= 11 is 0. The molecule has 0 radical (unpaired) electrons. The van der Waals surface area contributed by atoms with E-state index in [1.807, 2.05) is 50.2 Å². The quantitative estimate of drug-likeness (QED) is 0.576. The van der Waals surface area contributed by atoms with E-state index in [9.17, 15) is 4.79 Å². The van der Waals surface area contributed by atoms with Crippen molar-refractivity contribution in [1.29, 1.82) is 0 Å². The molecule has 6 heteroatoms. The summed E-state index contributed by atoms with van der Waals surface area (Å²) in [7, 11) is 0. The van der Waals surface area contributed by atoms with Gasteiger partial charge in [0.05, 0.1) is 5.52 Å². The first-order chi connectivity index (χ1) is 11.7. The molecule has 24 heavy (non-hydrogen) atoms. The van der Waals surface area contributed by atoms with Gasteiger partial charge in [0.25, 0.3) is 5.89 Å². The van der Waals surface area contributed by atoms with Gasteiger partial charge in [0, 0.05) is 17.7 Å². The van der Waals surface area contributed by atoms with Gasteiger partial charge in [-0.25, -0.2) is 4.79 Å². The largest absolute Gasteiger partial charge is 0.419 e. The monoisotopic (exact) mass is 321 g/mol. The lowest BCUT2D eigenvalue weighted by molar-refractivity contribution is 0.432. The molecule has 0 saturated heterocycles. The molecule has 120 valence electrons. The third kappa shape index (κ3) is 2.32. The van der Waals surface area contributed by atoms with Crippen LogP contribution in [0.3, 0.4) is 0 Å². The molecule has 0 aliphatic rings. The maximum absolute atomic E-state index is 11.8. The second kappa shape index (κ2) is 5.49. The summed E-state index contributed by atoms with van der Waals surface area (Å²) in [5, 5.41) is 4.03. The Labute approximate surface area is 137 Å². The molecule has 0 bridgehead atoms. The highest BCUT2D eigenvalue weighted by molar-refractivity contribution is 5.79. The fraction of sp³-hybridized carbons (Fsp3) is 0.167. The second-order valence-corrected chi connectivity index (χ2v) is 5.58. The van der Waals surface area contributed by atoms with Crippen LogP contribution in [0, 0.1) is 6.92 Å². The number of fused-ring (bicyclic) bond motifs is 1. The van der Waals surface area contributed by atoms with E-state index < -0.39 is 0 Å². The molecule has 0 aliphatic carbocycles. The summed E-state index contributed by atoms with van der Waals surface area (Å²) in [6.07, 6.45) is 0. The van der Waals surface area contributed by atoms with Gasteiger partial charge in [0.2, 0.25) is 5.82 Å². The van der Waals surface area contributed by atoms with Crippen molar-refractivity contribution in [2.45, 2.75) is 20.4 Å². The maximum atomic E-state index is 11.8. The zero-order chi connectivity index (χ0) is 16.7. The van der Waals surface area contributed by atoms with Gasteiger partial charge in [-0.3, -0.25) is 4.57 Å². The summed E-state index contributed by atoms with van der Waals surface area (Å²) < 4.78 is 12.2. The van der Waals surface area contributed by atoms with E-state index in [0.717, 1.165) is 16.6 Å². The van der Waals surface area contributed by atoms with E-state index in [0.29, 0.717) is 23.8 Å². The molecule has 0 amide bonds. The number of aromatic nitrogens is 3. The van der Waals surface area contributed by atoms with E-state index in [1.165, 1.54) is 5.56 Å². The van der Waals surface area contributed by atoms with Crippen molar-refractivity contribution in [2.75, 3.05) is 0 Å². The molecule has 0 saturated carbocycles. The fourth-order valence-electron chi connectivity index (χ4n) is 2.66. The zero-order valence-electron chi connectivity index (χ0n) is 13.3. The highest BCUT2D eigenvalue weighted by Gasteiger charge is 2.14. The molecule has 0 aliphatic heterocycles. The Morgan fingerprint density at radius 3 is 2.58 bits per heavy atom. The molecule has 6 nitrogen and oxygen atoms in total. The number of oxazole rings is 1. The number of benzene rings is 2. The van der Waals surface area contributed by atoms with Crippen LogP contribution in [0.4, 0.5) is 0 Å². The zero-order valence-corrected chi connectivity index (χ0v) is 13.3. The highest BCUT2D eigenvalue weighted by atomic mass is 16.5. The molecule has 4 aromatic rings. The van der Waals surface area contributed by atoms with Crippen molar-refractivity contribution in [3.05, 3.63) is 58.6 Å². The summed E-state index contributed by atoms with van der Waals surface area (Å²) in [4.78, 5) is 16.2. The number of hydrogen-bond acceptors (Lipinski definition) is 5. The molecular weight excluding hydrogens is 306 g/mol. The Morgan fingerprint density at radius 2 is 1.83 bits per heavy atom. The second-order valence-electron chi connectivity index (χ2n) is 5.58. The Balaban J connectivity index is 1.75. The molecule has 2 aromatic carbocycles. The van der Waals surface area contributed by atoms with Crippen LogP contribution in [0.15, 0.2) is 56.2 Å². The van der Waals surface area contributed by atoms with E-state index >= 15 is 0 Å². The summed E-state index contributed by atoms with van der Waals surface area (Å²) in [5.41, 5.74) is 4.04. The van der Waals surface area contributed by atoms with Gasteiger partial charge in [0.15, 0.2) is 5.58 Å². The van der Waals surface area contributed by atoms with E-state index in [4.69, 9.17) is 8.94 Å². The topological polar surface area (TPSA) is 74.1 Å². The van der Waals surface area contributed by atoms with Crippen LogP contribution >= 0.6 is 0 Å². The number of nitrogens with zero attached hydrogens (tertiary/aromatic N) is 3. The van der Waals surface area contributed by atoms with Crippen molar-refractivity contribution in [3.63, 3.8) is 0 Å². The minimum absolute atomic E-state index is 0.363. The van der Waals surface area contributed by atoms with Crippen molar-refractivity contribution in [3.8, 4) is 22.8 Å². The van der Waals surface area contributed by atoms with Crippen LogP contribution in [-0.2, 0) is 6.54 Å². The lowest BCUT2D eigenvalue weighted by Gasteiger charge is -1.97. The minimum atomic E-state index is -0.363. The molecule has 0 N–H and O–H groups in total. The van der Waals surface area contributed by atoms with Crippen LogP contribution in [0.2, 0.25) is 0 Å². The molecule has 2 aromatic heterocycles. The van der Waals surface area contributed by atoms with E-state index in [2.05, 4.69) is 10.1 Å². The Hall–Kier alpha value is -3.15. The number of aryl methyl sites for hydroxylation is 2. The Bertz CT molecular complexity index is 1070.